The van der Waals surface area contributed by atoms with Crippen molar-refractivity contribution < 1.29 is 19.1 Å². The minimum atomic E-state index is -0.458. The maximum absolute atomic E-state index is 12.2. The topological polar surface area (TPSA) is 55.8 Å². The molecule has 0 spiro atoms. The number of halogens is 1. The van der Waals surface area contributed by atoms with E-state index in [1.54, 1.807) is 57.1 Å². The van der Waals surface area contributed by atoms with Crippen molar-refractivity contribution in [3.63, 3.8) is 0 Å². The molecule has 0 aliphatic rings. The molecule has 136 valence electrons. The molecule has 1 aromatic carbocycles. The number of carbonyl (C=O) groups excluding carboxylic acids is 2. The lowest BCUT2D eigenvalue weighted by Crippen LogP contribution is -2.21. The Morgan fingerprint density at radius 3 is 2.12 bits per heavy atom. The van der Waals surface area contributed by atoms with Crippen molar-refractivity contribution in [2.45, 2.75) is 18.7 Å². The first-order valence-corrected chi connectivity index (χ1v) is 8.95. The van der Waals surface area contributed by atoms with Gasteiger partial charge in [0.05, 0.1) is 18.1 Å². The van der Waals surface area contributed by atoms with E-state index >= 15 is 0 Å². The highest BCUT2D eigenvalue weighted by Gasteiger charge is 2.15. The van der Waals surface area contributed by atoms with Gasteiger partial charge >= 0.3 is 11.9 Å². The van der Waals surface area contributed by atoms with E-state index in [1.807, 2.05) is 12.1 Å². The molecule has 0 unspecified atom stereocenters. The van der Waals surface area contributed by atoms with Gasteiger partial charge in [0.25, 0.3) is 0 Å². The summed E-state index contributed by atoms with van der Waals surface area (Å²) in [7, 11) is 3.46. The summed E-state index contributed by atoms with van der Waals surface area (Å²) in [6, 6.07) is 7.10. The van der Waals surface area contributed by atoms with Gasteiger partial charge in [0.15, 0.2) is 0 Å². The van der Waals surface area contributed by atoms with E-state index in [4.69, 9.17) is 21.1 Å². The Kier molecular flexibility index (Phi) is 9.16. The molecule has 0 amide bonds. The predicted octanol–water partition coefficient (Wildman–Crippen LogP) is 3.89. The Morgan fingerprint density at radius 2 is 1.60 bits per heavy atom. The van der Waals surface area contributed by atoms with E-state index in [0.29, 0.717) is 15.6 Å². The minimum absolute atomic E-state index is 0.263. The summed E-state index contributed by atoms with van der Waals surface area (Å²) in [5.41, 5.74) is 0.334. The lowest BCUT2D eigenvalue weighted by molar-refractivity contribution is -0.140. The van der Waals surface area contributed by atoms with Gasteiger partial charge in [-0.2, -0.15) is 0 Å². The number of benzene rings is 1. The van der Waals surface area contributed by atoms with Crippen molar-refractivity contribution >= 4 is 35.3 Å². The Balaban J connectivity index is 3.13. The highest BCUT2D eigenvalue weighted by Crippen LogP contribution is 2.29. The molecule has 0 saturated carbocycles. The maximum atomic E-state index is 12.2. The van der Waals surface area contributed by atoms with Gasteiger partial charge < -0.3 is 14.4 Å². The second kappa shape index (κ2) is 10.8. The van der Waals surface area contributed by atoms with Gasteiger partial charge in [-0.25, -0.2) is 9.59 Å². The zero-order chi connectivity index (χ0) is 18.8. The smallest absolute Gasteiger partial charge is 0.354 e. The van der Waals surface area contributed by atoms with Gasteiger partial charge in [0.2, 0.25) is 0 Å². The van der Waals surface area contributed by atoms with Crippen molar-refractivity contribution in [3.8, 4) is 0 Å². The zero-order valence-corrected chi connectivity index (χ0v) is 16.3. The van der Waals surface area contributed by atoms with Crippen molar-refractivity contribution in [1.82, 2.24) is 4.90 Å². The summed E-state index contributed by atoms with van der Waals surface area (Å²) in [6.45, 7) is 4.01. The number of carbonyl (C=O) groups is 2. The van der Waals surface area contributed by atoms with Gasteiger partial charge in [-0.3, -0.25) is 0 Å². The van der Waals surface area contributed by atoms with Crippen LogP contribution >= 0.6 is 23.4 Å². The molecule has 0 bridgehead atoms. The number of hydrogen-bond acceptors (Lipinski definition) is 6. The molecule has 0 aliphatic heterocycles. The molecule has 0 aromatic heterocycles. The monoisotopic (exact) mass is 383 g/mol. The van der Waals surface area contributed by atoms with Crippen LogP contribution in [-0.4, -0.2) is 44.1 Å². The number of esters is 2. The van der Waals surface area contributed by atoms with Crippen LogP contribution in [0.4, 0.5) is 0 Å². The quantitative estimate of drug-likeness (QED) is 0.294. The molecule has 1 aromatic rings. The molecule has 1 rings (SSSR count). The van der Waals surface area contributed by atoms with E-state index in [9.17, 15) is 9.59 Å². The first-order chi connectivity index (χ1) is 11.9. The molecule has 7 heteroatoms. The molecule has 0 N–H and O–H groups in total. The molecule has 5 nitrogen and oxygen atoms in total. The van der Waals surface area contributed by atoms with Crippen LogP contribution in [0.5, 0.6) is 0 Å². The highest BCUT2D eigenvalue weighted by atomic mass is 35.5. The van der Waals surface area contributed by atoms with Crippen molar-refractivity contribution in [3.05, 3.63) is 52.0 Å². The van der Waals surface area contributed by atoms with Gasteiger partial charge in [0.1, 0.15) is 5.70 Å². The van der Waals surface area contributed by atoms with Crippen LogP contribution in [0.15, 0.2) is 51.9 Å². The predicted molar refractivity (Wildman–Crippen MR) is 100 cm³/mol. The molecule has 0 saturated heterocycles. The number of thioether (sulfide) groups is 1. The third kappa shape index (κ3) is 7.23. The van der Waals surface area contributed by atoms with Gasteiger partial charge in [-0.1, -0.05) is 23.4 Å². The third-order valence-corrected chi connectivity index (χ3v) is 4.16. The fourth-order valence-corrected chi connectivity index (χ4v) is 2.67. The average molecular weight is 384 g/mol. The van der Waals surface area contributed by atoms with Crippen LogP contribution in [0.1, 0.15) is 13.8 Å². The first kappa shape index (κ1) is 21.1. The van der Waals surface area contributed by atoms with E-state index in [2.05, 4.69) is 0 Å². The van der Waals surface area contributed by atoms with Gasteiger partial charge in [-0.15, -0.1) is 0 Å². The maximum Gasteiger partial charge on any atom is 0.354 e. The summed E-state index contributed by atoms with van der Waals surface area (Å²) in [5.74, 6) is -0.913. The third-order valence-electron chi connectivity index (χ3n) is 2.88. The fourth-order valence-electron chi connectivity index (χ4n) is 1.73. The molecule has 0 atom stereocenters. The molecule has 0 heterocycles. The van der Waals surface area contributed by atoms with Crippen LogP contribution in [0.25, 0.3) is 0 Å². The van der Waals surface area contributed by atoms with E-state index in [-0.39, 0.29) is 13.2 Å². The Labute approximate surface area is 157 Å². The van der Waals surface area contributed by atoms with Crippen LogP contribution in [0.2, 0.25) is 5.02 Å². The first-order valence-electron chi connectivity index (χ1n) is 7.76. The van der Waals surface area contributed by atoms with Crippen LogP contribution < -0.4 is 0 Å². The Hall–Kier alpha value is -1.92. The van der Waals surface area contributed by atoms with Crippen molar-refractivity contribution in [1.29, 1.82) is 0 Å². The van der Waals surface area contributed by atoms with Gasteiger partial charge in [0, 0.05) is 24.0 Å². The van der Waals surface area contributed by atoms with Crippen molar-refractivity contribution in [2.75, 3.05) is 27.3 Å². The number of nitrogens with zero attached hydrogens (tertiary/aromatic N) is 1. The second-order valence-corrected chi connectivity index (χ2v) is 6.53. The lowest BCUT2D eigenvalue weighted by atomic mass is 10.3. The summed E-state index contributed by atoms with van der Waals surface area (Å²) in [5, 5.41) is 0.614. The summed E-state index contributed by atoms with van der Waals surface area (Å²) >= 11 is 7.12. The average Bonchev–Trinajstić information content (AvgIpc) is 2.56. The number of allylic oxidation sites excluding steroid dienone is 2. The molecule has 0 aliphatic carbocycles. The van der Waals surface area contributed by atoms with E-state index < -0.39 is 11.9 Å². The minimum Gasteiger partial charge on any atom is -0.462 e. The van der Waals surface area contributed by atoms with Crippen LogP contribution in [0.3, 0.4) is 0 Å². The highest BCUT2D eigenvalue weighted by molar-refractivity contribution is 8.04. The summed E-state index contributed by atoms with van der Waals surface area (Å²) in [4.78, 5) is 27.0. The number of ether oxygens (including phenoxy) is 2. The standard InChI is InChI=1S/C18H22ClNO4S/c1-5-23-17(21)15(20(3)4)11-12-16(18(22)24-6-2)25-14-9-7-13(19)8-10-14/h7-12H,5-6H2,1-4H3. The fraction of sp³-hybridized carbons (Fsp3) is 0.333. The molecule has 0 radical (unpaired) electrons. The van der Waals surface area contributed by atoms with Gasteiger partial charge in [-0.05, 0) is 50.3 Å². The zero-order valence-electron chi connectivity index (χ0n) is 14.7. The number of rotatable bonds is 8. The lowest BCUT2D eigenvalue weighted by Gasteiger charge is -2.15. The van der Waals surface area contributed by atoms with E-state index in [1.165, 1.54) is 11.8 Å². The van der Waals surface area contributed by atoms with Crippen molar-refractivity contribution in [2.24, 2.45) is 0 Å². The second-order valence-electron chi connectivity index (χ2n) is 4.97. The van der Waals surface area contributed by atoms with Crippen LogP contribution in [0, 0.1) is 0 Å². The largest absolute Gasteiger partial charge is 0.462 e. The Bertz CT molecular complexity index is 654. The summed E-state index contributed by atoms with van der Waals surface area (Å²) < 4.78 is 10.1. The van der Waals surface area contributed by atoms with E-state index in [0.717, 1.165) is 4.90 Å². The normalized spacial score (nSPS) is 11.9. The number of likely N-dealkylation sites (N-methyl/N-ethyl adjacent to an activating group) is 1. The Morgan fingerprint density at radius 1 is 1.04 bits per heavy atom. The SMILES string of the molecule is CCOC(=O)C(=CC=C(C(=O)OCC)N(C)C)Sc1ccc(Cl)cc1. The summed E-state index contributed by atoms with van der Waals surface area (Å²) in [6.07, 6.45) is 3.11. The molecule has 0 fully saturated rings. The molecule has 25 heavy (non-hydrogen) atoms. The van der Waals surface area contributed by atoms with Crippen LogP contribution in [-0.2, 0) is 19.1 Å². The molecular weight excluding hydrogens is 362 g/mol. The molecular formula is C18H22ClNO4S. The number of hydrogen-bond donors (Lipinski definition) is 0.